The third kappa shape index (κ3) is 3.30. The standard InChI is InChI=1S/C16H25N3O/c1-20-15-6-5-14(12-15)18-13-7-10-19(11-8-13)16-4-2-3-9-17-16/h2-4,9,13-15,18H,5-8,10-12H2,1H3. The van der Waals surface area contributed by atoms with Crippen LogP contribution in [0.4, 0.5) is 5.82 Å². The Kier molecular flexibility index (Phi) is 4.53. The molecule has 0 amide bonds. The second-order valence-electron chi connectivity index (χ2n) is 5.98. The largest absolute Gasteiger partial charge is 0.381 e. The van der Waals surface area contributed by atoms with Crippen LogP contribution in [-0.2, 0) is 4.74 Å². The van der Waals surface area contributed by atoms with Crippen molar-refractivity contribution in [3.8, 4) is 0 Å². The van der Waals surface area contributed by atoms with Crippen molar-refractivity contribution in [3.63, 3.8) is 0 Å². The van der Waals surface area contributed by atoms with Gasteiger partial charge in [-0.1, -0.05) is 6.07 Å². The highest BCUT2D eigenvalue weighted by Gasteiger charge is 2.28. The highest BCUT2D eigenvalue weighted by molar-refractivity contribution is 5.38. The summed E-state index contributed by atoms with van der Waals surface area (Å²) >= 11 is 0. The zero-order valence-corrected chi connectivity index (χ0v) is 12.3. The van der Waals surface area contributed by atoms with Gasteiger partial charge in [0, 0.05) is 38.5 Å². The van der Waals surface area contributed by atoms with Crippen molar-refractivity contribution < 1.29 is 4.74 Å². The molecule has 1 aromatic rings. The number of piperidine rings is 1. The minimum atomic E-state index is 0.473. The quantitative estimate of drug-likeness (QED) is 0.914. The molecule has 20 heavy (non-hydrogen) atoms. The lowest BCUT2D eigenvalue weighted by atomic mass is 10.0. The van der Waals surface area contributed by atoms with Gasteiger partial charge in [-0.3, -0.25) is 0 Å². The van der Waals surface area contributed by atoms with Crippen LogP contribution in [0.15, 0.2) is 24.4 Å². The van der Waals surface area contributed by atoms with Crippen LogP contribution in [-0.4, -0.2) is 43.4 Å². The minimum Gasteiger partial charge on any atom is -0.381 e. The van der Waals surface area contributed by atoms with Crippen LogP contribution in [0.3, 0.4) is 0 Å². The van der Waals surface area contributed by atoms with E-state index in [1.165, 1.54) is 32.1 Å². The molecule has 0 aromatic carbocycles. The Morgan fingerprint density at radius 3 is 2.65 bits per heavy atom. The van der Waals surface area contributed by atoms with Gasteiger partial charge >= 0.3 is 0 Å². The fraction of sp³-hybridized carbons (Fsp3) is 0.688. The first-order chi connectivity index (χ1) is 9.85. The molecule has 1 N–H and O–H groups in total. The first kappa shape index (κ1) is 13.8. The van der Waals surface area contributed by atoms with Gasteiger partial charge < -0.3 is 15.0 Å². The summed E-state index contributed by atoms with van der Waals surface area (Å²) in [6.45, 7) is 2.21. The number of anilines is 1. The summed E-state index contributed by atoms with van der Waals surface area (Å²) in [7, 11) is 1.83. The summed E-state index contributed by atoms with van der Waals surface area (Å²) in [6, 6.07) is 7.47. The summed E-state index contributed by atoms with van der Waals surface area (Å²) in [5.41, 5.74) is 0. The highest BCUT2D eigenvalue weighted by atomic mass is 16.5. The first-order valence-electron chi connectivity index (χ1n) is 7.80. The van der Waals surface area contributed by atoms with E-state index in [0.717, 1.165) is 18.9 Å². The van der Waals surface area contributed by atoms with Gasteiger partial charge in [0.1, 0.15) is 5.82 Å². The zero-order chi connectivity index (χ0) is 13.8. The molecule has 2 heterocycles. The maximum atomic E-state index is 5.45. The van der Waals surface area contributed by atoms with Gasteiger partial charge in [0.05, 0.1) is 6.10 Å². The molecule has 0 radical (unpaired) electrons. The van der Waals surface area contributed by atoms with E-state index in [0.29, 0.717) is 18.2 Å². The van der Waals surface area contributed by atoms with E-state index >= 15 is 0 Å². The number of pyridine rings is 1. The fourth-order valence-electron chi connectivity index (χ4n) is 3.45. The number of methoxy groups -OCH3 is 1. The van der Waals surface area contributed by atoms with Crippen LogP contribution in [0, 0.1) is 0 Å². The molecular weight excluding hydrogens is 250 g/mol. The van der Waals surface area contributed by atoms with Crippen LogP contribution in [0.5, 0.6) is 0 Å². The molecule has 0 bridgehead atoms. The first-order valence-corrected chi connectivity index (χ1v) is 7.80. The van der Waals surface area contributed by atoms with E-state index in [9.17, 15) is 0 Å². The van der Waals surface area contributed by atoms with Crippen molar-refractivity contribution in [2.45, 2.75) is 50.3 Å². The number of aromatic nitrogens is 1. The molecule has 1 aromatic heterocycles. The third-order valence-electron chi connectivity index (χ3n) is 4.66. The van der Waals surface area contributed by atoms with E-state index in [1.54, 1.807) is 0 Å². The van der Waals surface area contributed by atoms with Crippen molar-refractivity contribution in [2.24, 2.45) is 0 Å². The normalized spacial score (nSPS) is 27.9. The van der Waals surface area contributed by atoms with Crippen molar-refractivity contribution in [1.82, 2.24) is 10.3 Å². The Balaban J connectivity index is 1.45. The second kappa shape index (κ2) is 6.55. The smallest absolute Gasteiger partial charge is 0.128 e. The van der Waals surface area contributed by atoms with Gasteiger partial charge in [-0.2, -0.15) is 0 Å². The number of hydrogen-bond donors (Lipinski definition) is 1. The Labute approximate surface area is 121 Å². The Bertz CT molecular complexity index is 403. The molecular formula is C16H25N3O. The Morgan fingerprint density at radius 1 is 1.15 bits per heavy atom. The van der Waals surface area contributed by atoms with Crippen molar-refractivity contribution >= 4 is 5.82 Å². The summed E-state index contributed by atoms with van der Waals surface area (Å²) in [5, 5.41) is 3.83. The van der Waals surface area contributed by atoms with Gasteiger partial charge in [0.2, 0.25) is 0 Å². The Hall–Kier alpha value is -1.13. The van der Waals surface area contributed by atoms with Crippen LogP contribution in [0.1, 0.15) is 32.1 Å². The molecule has 2 unspecified atom stereocenters. The van der Waals surface area contributed by atoms with Gasteiger partial charge in [-0.25, -0.2) is 4.98 Å². The molecule has 1 aliphatic heterocycles. The van der Waals surface area contributed by atoms with Crippen LogP contribution in [0.25, 0.3) is 0 Å². The number of rotatable bonds is 4. The zero-order valence-electron chi connectivity index (χ0n) is 12.3. The number of nitrogens with one attached hydrogen (secondary N) is 1. The van der Waals surface area contributed by atoms with Crippen molar-refractivity contribution in [3.05, 3.63) is 24.4 Å². The van der Waals surface area contributed by atoms with Crippen molar-refractivity contribution in [1.29, 1.82) is 0 Å². The molecule has 2 fully saturated rings. The SMILES string of the molecule is COC1CCC(NC2CCN(c3ccccn3)CC2)C1. The van der Waals surface area contributed by atoms with Crippen LogP contribution >= 0.6 is 0 Å². The maximum absolute atomic E-state index is 5.45. The van der Waals surface area contributed by atoms with Crippen LogP contribution in [0.2, 0.25) is 0 Å². The highest BCUT2D eigenvalue weighted by Crippen LogP contribution is 2.24. The van der Waals surface area contributed by atoms with Gasteiger partial charge in [0.25, 0.3) is 0 Å². The number of ether oxygens (including phenoxy) is 1. The van der Waals surface area contributed by atoms with Crippen molar-refractivity contribution in [2.75, 3.05) is 25.1 Å². The van der Waals surface area contributed by atoms with E-state index in [2.05, 4.69) is 27.3 Å². The third-order valence-corrected chi connectivity index (χ3v) is 4.66. The van der Waals surface area contributed by atoms with Gasteiger partial charge in [-0.15, -0.1) is 0 Å². The molecule has 2 atom stereocenters. The summed E-state index contributed by atoms with van der Waals surface area (Å²) in [4.78, 5) is 6.83. The lowest BCUT2D eigenvalue weighted by Gasteiger charge is -2.34. The van der Waals surface area contributed by atoms with Gasteiger partial charge in [0.15, 0.2) is 0 Å². The summed E-state index contributed by atoms with van der Waals surface area (Å²) in [6.07, 6.45) is 8.43. The van der Waals surface area contributed by atoms with E-state index < -0.39 is 0 Å². The molecule has 4 nitrogen and oxygen atoms in total. The maximum Gasteiger partial charge on any atom is 0.128 e. The second-order valence-corrected chi connectivity index (χ2v) is 5.98. The summed E-state index contributed by atoms with van der Waals surface area (Å²) < 4.78 is 5.45. The molecule has 1 saturated carbocycles. The molecule has 1 saturated heterocycles. The van der Waals surface area contributed by atoms with E-state index in [-0.39, 0.29) is 0 Å². The van der Waals surface area contributed by atoms with E-state index in [1.807, 2.05) is 19.4 Å². The molecule has 4 heteroatoms. The Morgan fingerprint density at radius 2 is 2.00 bits per heavy atom. The van der Waals surface area contributed by atoms with Gasteiger partial charge in [-0.05, 0) is 44.2 Å². The predicted octanol–water partition coefficient (Wildman–Crippen LogP) is 2.21. The topological polar surface area (TPSA) is 37.4 Å². The molecule has 1 aliphatic carbocycles. The summed E-state index contributed by atoms with van der Waals surface area (Å²) in [5.74, 6) is 1.12. The predicted molar refractivity (Wildman–Crippen MR) is 81.0 cm³/mol. The monoisotopic (exact) mass is 275 g/mol. The average molecular weight is 275 g/mol. The van der Waals surface area contributed by atoms with Crippen LogP contribution < -0.4 is 10.2 Å². The lowest BCUT2D eigenvalue weighted by Crippen LogP contribution is -2.46. The number of nitrogens with zero attached hydrogens (tertiary/aromatic N) is 2. The molecule has 110 valence electrons. The number of hydrogen-bond acceptors (Lipinski definition) is 4. The average Bonchev–Trinajstić information content (AvgIpc) is 2.97. The molecule has 2 aliphatic rings. The molecule has 0 spiro atoms. The molecule has 3 rings (SSSR count). The van der Waals surface area contributed by atoms with E-state index in [4.69, 9.17) is 4.74 Å². The fourth-order valence-corrected chi connectivity index (χ4v) is 3.45. The minimum absolute atomic E-state index is 0.473. The lowest BCUT2D eigenvalue weighted by molar-refractivity contribution is 0.106.